The number of carbonyl (C=O) groups excluding carboxylic acids is 1. The van der Waals surface area contributed by atoms with E-state index in [9.17, 15) is 13.6 Å². The molecule has 21 heavy (non-hydrogen) atoms. The fourth-order valence-electron chi connectivity index (χ4n) is 2.97. The second-order valence-electron chi connectivity index (χ2n) is 5.40. The van der Waals surface area contributed by atoms with Gasteiger partial charge in [-0.05, 0) is 31.4 Å². The molecule has 1 saturated heterocycles. The van der Waals surface area contributed by atoms with Gasteiger partial charge >= 0.3 is 0 Å². The van der Waals surface area contributed by atoms with Gasteiger partial charge in [0.2, 0.25) is 0 Å². The summed E-state index contributed by atoms with van der Waals surface area (Å²) < 4.78 is 38.4. The minimum absolute atomic E-state index is 0.0525. The summed E-state index contributed by atoms with van der Waals surface area (Å²) in [7, 11) is 0. The second kappa shape index (κ2) is 6.07. The molecule has 1 aliphatic carbocycles. The Morgan fingerprint density at radius 1 is 1.10 bits per heavy atom. The van der Waals surface area contributed by atoms with Crippen LogP contribution in [0.4, 0.5) is 8.78 Å². The largest absolute Gasteiger partial charge is 0.373 e. The molecule has 6 heteroatoms. The van der Waals surface area contributed by atoms with E-state index >= 15 is 0 Å². The van der Waals surface area contributed by atoms with Crippen molar-refractivity contribution in [1.29, 1.82) is 0 Å². The van der Waals surface area contributed by atoms with E-state index in [1.54, 1.807) is 0 Å². The van der Waals surface area contributed by atoms with Crippen LogP contribution in [0, 0.1) is 11.6 Å². The molecule has 4 nitrogen and oxygen atoms in total. The minimum Gasteiger partial charge on any atom is -0.373 e. The van der Waals surface area contributed by atoms with Crippen LogP contribution in [0.15, 0.2) is 18.2 Å². The van der Waals surface area contributed by atoms with Gasteiger partial charge in [0, 0.05) is 6.04 Å². The Kier molecular flexibility index (Phi) is 4.17. The maximum atomic E-state index is 13.6. The van der Waals surface area contributed by atoms with E-state index in [1.807, 2.05) is 0 Å². The summed E-state index contributed by atoms with van der Waals surface area (Å²) in [5.41, 5.74) is -0.527. The summed E-state index contributed by atoms with van der Waals surface area (Å²) in [6, 6.07) is 3.24. The van der Waals surface area contributed by atoms with Gasteiger partial charge in [-0.25, -0.2) is 8.78 Å². The number of fused-ring (bicyclic) bond motifs is 1. The molecule has 3 rings (SSSR count). The molecule has 0 spiro atoms. The molecule has 2 fully saturated rings. The summed E-state index contributed by atoms with van der Waals surface area (Å²) in [6.07, 6.45) is 2.11. The molecule has 1 amide bonds. The Hall–Kier alpha value is -1.53. The quantitative estimate of drug-likeness (QED) is 0.908. The van der Waals surface area contributed by atoms with Gasteiger partial charge in [-0.2, -0.15) is 0 Å². The zero-order chi connectivity index (χ0) is 14.8. The first-order valence-corrected chi connectivity index (χ1v) is 7.13. The average Bonchev–Trinajstić information content (AvgIpc) is 2.47. The van der Waals surface area contributed by atoms with Gasteiger partial charge < -0.3 is 14.8 Å². The Morgan fingerprint density at radius 3 is 2.48 bits per heavy atom. The molecule has 114 valence electrons. The SMILES string of the molecule is O=C(N[C@@H]1CC[C@@H]2OCCO[C@@H]2C1)c1c(F)cccc1F. The second-order valence-corrected chi connectivity index (χ2v) is 5.40. The lowest BCUT2D eigenvalue weighted by atomic mass is 9.89. The highest BCUT2D eigenvalue weighted by molar-refractivity contribution is 5.94. The van der Waals surface area contributed by atoms with Crippen molar-refractivity contribution in [2.75, 3.05) is 13.2 Å². The number of amides is 1. The van der Waals surface area contributed by atoms with Crippen molar-refractivity contribution >= 4 is 5.91 Å². The first-order valence-electron chi connectivity index (χ1n) is 7.13. The van der Waals surface area contributed by atoms with E-state index in [0.717, 1.165) is 18.6 Å². The smallest absolute Gasteiger partial charge is 0.257 e. The van der Waals surface area contributed by atoms with E-state index in [4.69, 9.17) is 9.47 Å². The lowest BCUT2D eigenvalue weighted by Gasteiger charge is -2.39. The molecule has 1 aliphatic heterocycles. The predicted molar refractivity (Wildman–Crippen MR) is 70.9 cm³/mol. The maximum Gasteiger partial charge on any atom is 0.257 e. The molecular formula is C15H17F2NO3. The summed E-state index contributed by atoms with van der Waals surface area (Å²) in [5.74, 6) is -2.41. The van der Waals surface area contributed by atoms with Gasteiger partial charge in [0.1, 0.15) is 17.2 Å². The van der Waals surface area contributed by atoms with Crippen molar-refractivity contribution in [2.24, 2.45) is 0 Å². The highest BCUT2D eigenvalue weighted by Gasteiger charge is 2.35. The van der Waals surface area contributed by atoms with Crippen molar-refractivity contribution < 1.29 is 23.0 Å². The summed E-state index contributed by atoms with van der Waals surface area (Å²) in [5, 5.41) is 2.70. The van der Waals surface area contributed by atoms with Crippen LogP contribution in [-0.4, -0.2) is 37.4 Å². The van der Waals surface area contributed by atoms with Gasteiger partial charge in [-0.3, -0.25) is 4.79 Å². The first-order chi connectivity index (χ1) is 10.1. The standard InChI is InChI=1S/C15H17F2NO3/c16-10-2-1-3-11(17)14(10)15(19)18-9-4-5-12-13(8-9)21-7-6-20-12/h1-3,9,12-13H,4-8H2,(H,18,19)/t9-,12+,13-/m1/s1. The molecular weight excluding hydrogens is 280 g/mol. The fourth-order valence-corrected chi connectivity index (χ4v) is 2.97. The van der Waals surface area contributed by atoms with E-state index in [0.29, 0.717) is 26.1 Å². The molecule has 0 unspecified atom stereocenters. The van der Waals surface area contributed by atoms with Gasteiger partial charge in [-0.15, -0.1) is 0 Å². The van der Waals surface area contributed by atoms with Gasteiger partial charge in [0.15, 0.2) is 0 Å². The zero-order valence-corrected chi connectivity index (χ0v) is 11.5. The fraction of sp³-hybridized carbons (Fsp3) is 0.533. The number of carbonyl (C=O) groups is 1. The predicted octanol–water partition coefficient (Wildman–Crippen LogP) is 2.03. The number of halogens is 2. The van der Waals surface area contributed by atoms with Crippen molar-refractivity contribution in [1.82, 2.24) is 5.32 Å². The van der Waals surface area contributed by atoms with Crippen LogP contribution in [0.5, 0.6) is 0 Å². The first kappa shape index (κ1) is 14.4. The minimum atomic E-state index is -0.849. The number of hydrogen-bond acceptors (Lipinski definition) is 3. The lowest BCUT2D eigenvalue weighted by molar-refractivity contribution is -0.157. The Labute approximate surface area is 121 Å². The Balaban J connectivity index is 1.65. The van der Waals surface area contributed by atoms with Crippen LogP contribution in [0.1, 0.15) is 29.6 Å². The molecule has 1 aromatic rings. The maximum absolute atomic E-state index is 13.6. The topological polar surface area (TPSA) is 47.6 Å². The van der Waals surface area contributed by atoms with Crippen LogP contribution in [-0.2, 0) is 9.47 Å². The number of ether oxygens (including phenoxy) is 2. The number of benzene rings is 1. The number of nitrogens with one attached hydrogen (secondary N) is 1. The van der Waals surface area contributed by atoms with E-state index < -0.39 is 23.1 Å². The molecule has 1 N–H and O–H groups in total. The van der Waals surface area contributed by atoms with Gasteiger partial charge in [-0.1, -0.05) is 6.07 Å². The lowest BCUT2D eigenvalue weighted by Crippen LogP contribution is -2.49. The van der Waals surface area contributed by atoms with Crippen molar-refractivity contribution in [2.45, 2.75) is 37.5 Å². The van der Waals surface area contributed by atoms with Crippen LogP contribution in [0.25, 0.3) is 0 Å². The normalized spacial score (nSPS) is 28.8. The third kappa shape index (κ3) is 3.06. The molecule has 0 radical (unpaired) electrons. The van der Waals surface area contributed by atoms with E-state index in [1.165, 1.54) is 6.07 Å². The van der Waals surface area contributed by atoms with Gasteiger partial charge in [0.05, 0.1) is 25.4 Å². The molecule has 1 aromatic carbocycles. The molecule has 1 saturated carbocycles. The third-order valence-electron chi connectivity index (χ3n) is 4.00. The van der Waals surface area contributed by atoms with Gasteiger partial charge in [0.25, 0.3) is 5.91 Å². The summed E-state index contributed by atoms with van der Waals surface area (Å²) in [6.45, 7) is 1.14. The third-order valence-corrected chi connectivity index (χ3v) is 4.00. The average molecular weight is 297 g/mol. The molecule has 2 aliphatic rings. The van der Waals surface area contributed by atoms with Crippen molar-refractivity contribution in [3.05, 3.63) is 35.4 Å². The number of rotatable bonds is 2. The van der Waals surface area contributed by atoms with Crippen LogP contribution >= 0.6 is 0 Å². The van der Waals surface area contributed by atoms with Crippen LogP contribution in [0.3, 0.4) is 0 Å². The highest BCUT2D eigenvalue weighted by atomic mass is 19.1. The van der Waals surface area contributed by atoms with E-state index in [2.05, 4.69) is 5.32 Å². The van der Waals surface area contributed by atoms with Crippen molar-refractivity contribution in [3.63, 3.8) is 0 Å². The van der Waals surface area contributed by atoms with Crippen molar-refractivity contribution in [3.8, 4) is 0 Å². The Bertz CT molecular complexity index is 517. The Morgan fingerprint density at radius 2 is 1.76 bits per heavy atom. The highest BCUT2D eigenvalue weighted by Crippen LogP contribution is 2.27. The monoisotopic (exact) mass is 297 g/mol. The molecule has 0 bridgehead atoms. The number of hydrogen-bond donors (Lipinski definition) is 1. The molecule has 3 atom stereocenters. The van der Waals surface area contributed by atoms with E-state index in [-0.39, 0.29) is 18.2 Å². The van der Waals surface area contributed by atoms with Crippen LogP contribution in [0.2, 0.25) is 0 Å². The molecule has 1 heterocycles. The summed E-state index contributed by atoms with van der Waals surface area (Å²) in [4.78, 5) is 12.1. The molecule has 0 aromatic heterocycles. The summed E-state index contributed by atoms with van der Waals surface area (Å²) >= 11 is 0. The zero-order valence-electron chi connectivity index (χ0n) is 11.5. The van der Waals surface area contributed by atoms with Crippen LogP contribution < -0.4 is 5.32 Å².